The molecule has 0 unspecified atom stereocenters. The quantitative estimate of drug-likeness (QED) is 0.261. The molecule has 0 radical (unpaired) electrons. The zero-order valence-electron chi connectivity index (χ0n) is 18.8. The topological polar surface area (TPSA) is 90.0 Å². The minimum absolute atomic E-state index is 0.0431. The third kappa shape index (κ3) is 3.81. The van der Waals surface area contributed by atoms with E-state index in [0.717, 1.165) is 16.9 Å². The fraction of sp³-hybridized carbons (Fsp3) is 0.333. The molecule has 5 atom stereocenters. The van der Waals surface area contributed by atoms with Crippen molar-refractivity contribution in [1.82, 2.24) is 4.90 Å². The molecular weight excluding hydrogens is 434 g/mol. The van der Waals surface area contributed by atoms with Crippen LogP contribution >= 0.6 is 0 Å². The number of imide groups is 1. The van der Waals surface area contributed by atoms with Crippen molar-refractivity contribution in [2.24, 2.45) is 23.7 Å². The summed E-state index contributed by atoms with van der Waals surface area (Å²) < 4.78 is 10.5. The molecule has 1 heterocycles. The maximum atomic E-state index is 13.3. The molecule has 1 saturated carbocycles. The highest BCUT2D eigenvalue weighted by Crippen LogP contribution is 2.53. The first-order chi connectivity index (χ1) is 16.5. The fourth-order valence-electron chi connectivity index (χ4n) is 5.44. The van der Waals surface area contributed by atoms with E-state index in [2.05, 4.69) is 0 Å². The van der Waals surface area contributed by atoms with Crippen LogP contribution in [-0.4, -0.2) is 48.2 Å². The second kappa shape index (κ2) is 8.89. The summed E-state index contributed by atoms with van der Waals surface area (Å²) in [7, 11) is 1.53. The van der Waals surface area contributed by atoms with Crippen LogP contribution in [-0.2, 0) is 25.5 Å². The van der Waals surface area contributed by atoms with E-state index in [4.69, 9.17) is 9.47 Å². The van der Waals surface area contributed by atoms with Crippen molar-refractivity contribution < 1.29 is 28.7 Å². The molecule has 1 saturated heterocycles. The number of carbonyl (C=O) groups is 4. The Morgan fingerprint density at radius 3 is 2.15 bits per heavy atom. The van der Waals surface area contributed by atoms with Crippen molar-refractivity contribution in [3.63, 3.8) is 0 Å². The van der Waals surface area contributed by atoms with Crippen LogP contribution in [0, 0.1) is 23.7 Å². The highest BCUT2D eigenvalue weighted by Gasteiger charge is 2.61. The van der Waals surface area contributed by atoms with E-state index in [-0.39, 0.29) is 35.9 Å². The van der Waals surface area contributed by atoms with Crippen LogP contribution in [0.3, 0.4) is 0 Å². The number of amides is 2. The van der Waals surface area contributed by atoms with Gasteiger partial charge >= 0.3 is 5.97 Å². The first kappa shape index (κ1) is 22.1. The van der Waals surface area contributed by atoms with Gasteiger partial charge in [-0.3, -0.25) is 19.3 Å². The SMILES string of the molecule is COc1ccc(C(=O)COC(=O)[C@H](Cc2ccccc2)N2C(=O)[C@@H]3[C@@H](C2=O)[C@H]2C=C[C@H]3C2)cc1. The van der Waals surface area contributed by atoms with Gasteiger partial charge in [-0.05, 0) is 48.1 Å². The van der Waals surface area contributed by atoms with Crippen molar-refractivity contribution in [3.05, 3.63) is 77.9 Å². The summed E-state index contributed by atoms with van der Waals surface area (Å²) in [5.41, 5.74) is 1.17. The summed E-state index contributed by atoms with van der Waals surface area (Å²) in [5.74, 6) is -1.89. The van der Waals surface area contributed by atoms with E-state index >= 15 is 0 Å². The summed E-state index contributed by atoms with van der Waals surface area (Å²) in [6.07, 6.45) is 4.97. The monoisotopic (exact) mass is 459 g/mol. The molecule has 3 aliphatic rings. The minimum Gasteiger partial charge on any atom is -0.497 e. The Bertz CT molecular complexity index is 1130. The zero-order valence-corrected chi connectivity index (χ0v) is 18.8. The van der Waals surface area contributed by atoms with Gasteiger partial charge in [0.05, 0.1) is 18.9 Å². The number of esters is 1. The lowest BCUT2D eigenvalue weighted by molar-refractivity contribution is -0.158. The first-order valence-corrected chi connectivity index (χ1v) is 11.4. The van der Waals surface area contributed by atoms with E-state index in [1.165, 1.54) is 7.11 Å². The third-order valence-corrected chi connectivity index (χ3v) is 7.12. The average molecular weight is 459 g/mol. The molecule has 2 amide bonds. The van der Waals surface area contributed by atoms with Crippen LogP contribution in [0.2, 0.25) is 0 Å². The summed E-state index contributed by atoms with van der Waals surface area (Å²) >= 11 is 0. The molecule has 0 aromatic heterocycles. The molecule has 1 aliphatic heterocycles. The molecule has 2 fully saturated rings. The largest absolute Gasteiger partial charge is 0.497 e. The van der Waals surface area contributed by atoms with Crippen LogP contribution < -0.4 is 4.74 Å². The van der Waals surface area contributed by atoms with Crippen LogP contribution in [0.4, 0.5) is 0 Å². The molecule has 2 bridgehead atoms. The number of benzene rings is 2. The third-order valence-electron chi connectivity index (χ3n) is 7.12. The highest BCUT2D eigenvalue weighted by atomic mass is 16.5. The molecule has 0 spiro atoms. The second-order valence-corrected chi connectivity index (χ2v) is 9.01. The van der Waals surface area contributed by atoms with E-state index < -0.39 is 30.5 Å². The molecule has 7 nitrogen and oxygen atoms in total. The molecule has 2 aromatic carbocycles. The van der Waals surface area contributed by atoms with Gasteiger partial charge in [0.1, 0.15) is 11.8 Å². The van der Waals surface area contributed by atoms with Gasteiger partial charge in [0.15, 0.2) is 12.4 Å². The number of carbonyl (C=O) groups excluding carboxylic acids is 4. The number of Topliss-reactive ketones (excluding diaryl/α,β-unsaturated/α-hetero) is 1. The molecule has 0 N–H and O–H groups in total. The summed E-state index contributed by atoms with van der Waals surface area (Å²) in [6, 6.07) is 14.5. The van der Waals surface area contributed by atoms with Gasteiger partial charge in [-0.2, -0.15) is 0 Å². The number of fused-ring (bicyclic) bond motifs is 5. The number of hydrogen-bond donors (Lipinski definition) is 0. The normalized spacial score (nSPS) is 25.4. The number of methoxy groups -OCH3 is 1. The van der Waals surface area contributed by atoms with Gasteiger partial charge in [0.2, 0.25) is 11.8 Å². The molecule has 2 aromatic rings. The van der Waals surface area contributed by atoms with E-state index in [0.29, 0.717) is 11.3 Å². The molecule has 34 heavy (non-hydrogen) atoms. The highest BCUT2D eigenvalue weighted by molar-refractivity contribution is 6.09. The molecular formula is C27H25NO6. The van der Waals surface area contributed by atoms with Crippen LogP contribution in [0.15, 0.2) is 66.7 Å². The Morgan fingerprint density at radius 1 is 0.941 bits per heavy atom. The molecule has 7 heteroatoms. The standard InChI is InChI=1S/C27H25NO6/c1-33-20-11-9-17(10-12-20)22(29)15-34-27(32)21(13-16-5-3-2-4-6-16)28-25(30)23-18-7-8-19(14-18)24(23)26(28)31/h2-12,18-19,21,23-24H,13-15H2,1H3/t18-,19-,21-,23-,24-/m0/s1. The number of ether oxygens (including phenoxy) is 2. The van der Waals surface area contributed by atoms with Gasteiger partial charge in [0, 0.05) is 12.0 Å². The predicted octanol–water partition coefficient (Wildman–Crippen LogP) is 2.84. The first-order valence-electron chi connectivity index (χ1n) is 11.4. The van der Waals surface area contributed by atoms with Crippen LogP contribution in [0.1, 0.15) is 22.3 Å². The van der Waals surface area contributed by atoms with Gasteiger partial charge < -0.3 is 9.47 Å². The summed E-state index contributed by atoms with van der Waals surface area (Å²) in [6.45, 7) is -0.480. The lowest BCUT2D eigenvalue weighted by atomic mass is 9.85. The van der Waals surface area contributed by atoms with Gasteiger partial charge in [-0.15, -0.1) is 0 Å². The van der Waals surface area contributed by atoms with E-state index in [9.17, 15) is 19.2 Å². The Labute approximate surface area is 197 Å². The van der Waals surface area contributed by atoms with Crippen LogP contribution in [0.5, 0.6) is 5.75 Å². The number of rotatable bonds is 8. The van der Waals surface area contributed by atoms with Crippen LogP contribution in [0.25, 0.3) is 0 Å². The number of hydrogen-bond acceptors (Lipinski definition) is 6. The zero-order chi connectivity index (χ0) is 23.8. The van der Waals surface area contributed by atoms with Crippen molar-refractivity contribution >= 4 is 23.6 Å². The number of likely N-dealkylation sites (tertiary alicyclic amines) is 1. The number of allylic oxidation sites excluding steroid dienone is 2. The Morgan fingerprint density at radius 2 is 1.56 bits per heavy atom. The molecule has 5 rings (SSSR count). The average Bonchev–Trinajstić information content (AvgIpc) is 3.55. The smallest absolute Gasteiger partial charge is 0.330 e. The Hall–Kier alpha value is -3.74. The van der Waals surface area contributed by atoms with Crippen molar-refractivity contribution in [3.8, 4) is 5.75 Å². The summed E-state index contributed by atoms with van der Waals surface area (Å²) in [5, 5.41) is 0. The van der Waals surface area contributed by atoms with E-state index in [1.807, 2.05) is 42.5 Å². The van der Waals surface area contributed by atoms with Gasteiger partial charge in [0.25, 0.3) is 0 Å². The Balaban J connectivity index is 1.34. The molecule has 174 valence electrons. The predicted molar refractivity (Wildman–Crippen MR) is 122 cm³/mol. The Kier molecular flexibility index (Phi) is 5.77. The van der Waals surface area contributed by atoms with E-state index in [1.54, 1.807) is 24.3 Å². The van der Waals surface area contributed by atoms with Crippen molar-refractivity contribution in [2.75, 3.05) is 13.7 Å². The fourth-order valence-corrected chi connectivity index (χ4v) is 5.44. The number of ketones is 1. The lowest BCUT2D eigenvalue weighted by Crippen LogP contribution is -2.48. The van der Waals surface area contributed by atoms with Crippen molar-refractivity contribution in [1.29, 1.82) is 0 Å². The lowest BCUT2D eigenvalue weighted by Gasteiger charge is -2.26. The maximum Gasteiger partial charge on any atom is 0.330 e. The molecule has 2 aliphatic carbocycles. The van der Waals surface area contributed by atoms with Crippen molar-refractivity contribution in [2.45, 2.75) is 18.9 Å². The van der Waals surface area contributed by atoms with Gasteiger partial charge in [-0.25, -0.2) is 4.79 Å². The van der Waals surface area contributed by atoms with Gasteiger partial charge in [-0.1, -0.05) is 42.5 Å². The second-order valence-electron chi connectivity index (χ2n) is 9.01. The minimum atomic E-state index is -1.11. The maximum absolute atomic E-state index is 13.3. The summed E-state index contributed by atoms with van der Waals surface area (Å²) in [4.78, 5) is 53.5. The number of nitrogens with zero attached hydrogens (tertiary/aromatic N) is 1.